The van der Waals surface area contributed by atoms with E-state index in [0.29, 0.717) is 18.0 Å². The van der Waals surface area contributed by atoms with E-state index in [0.717, 1.165) is 10.6 Å². The van der Waals surface area contributed by atoms with Crippen LogP contribution in [0, 0.1) is 5.82 Å². The highest BCUT2D eigenvalue weighted by Gasteiger charge is 2.19. The average molecular weight is 380 g/mol. The Morgan fingerprint density at radius 3 is 2.38 bits per heavy atom. The predicted octanol–water partition coefficient (Wildman–Crippen LogP) is 3.02. The number of ether oxygens (including phenoxy) is 1. The Morgan fingerprint density at radius 2 is 1.81 bits per heavy atom. The fourth-order valence-corrected chi connectivity index (χ4v) is 3.27. The normalized spacial score (nSPS) is 11.0. The molecule has 2 rings (SSSR count). The molecule has 2 aromatic rings. The van der Waals surface area contributed by atoms with Crippen molar-refractivity contribution in [1.82, 2.24) is 0 Å². The van der Waals surface area contributed by atoms with Crippen LogP contribution in [0.2, 0.25) is 0 Å². The van der Waals surface area contributed by atoms with Crippen molar-refractivity contribution in [1.29, 1.82) is 0 Å². The fourth-order valence-electron chi connectivity index (χ4n) is 2.34. The molecule has 0 aliphatic carbocycles. The number of para-hydroxylation sites is 1. The zero-order valence-electron chi connectivity index (χ0n) is 14.6. The number of carbonyl (C=O) groups excluding carboxylic acids is 1. The van der Waals surface area contributed by atoms with Crippen molar-refractivity contribution in [3.8, 4) is 5.75 Å². The van der Waals surface area contributed by atoms with Gasteiger partial charge < -0.3 is 10.1 Å². The van der Waals surface area contributed by atoms with Crippen LogP contribution in [-0.4, -0.2) is 33.7 Å². The molecular formula is C18H21FN2O4S. The first-order chi connectivity index (χ1) is 12.3. The van der Waals surface area contributed by atoms with Crippen LogP contribution in [0.15, 0.2) is 48.5 Å². The van der Waals surface area contributed by atoms with Gasteiger partial charge in [-0.25, -0.2) is 12.8 Å². The number of halogens is 1. The number of hydrogen-bond donors (Lipinski definition) is 1. The number of benzene rings is 2. The summed E-state index contributed by atoms with van der Waals surface area (Å²) in [5.74, 6) is -0.399. The van der Waals surface area contributed by atoms with Crippen LogP contribution in [0.1, 0.15) is 13.3 Å². The summed E-state index contributed by atoms with van der Waals surface area (Å²) in [7, 11) is -3.58. The van der Waals surface area contributed by atoms with Gasteiger partial charge in [0.05, 0.1) is 24.2 Å². The van der Waals surface area contributed by atoms with Crippen LogP contribution in [0.25, 0.3) is 0 Å². The molecule has 0 saturated heterocycles. The molecule has 0 radical (unpaired) electrons. The minimum absolute atomic E-state index is 0.0597. The van der Waals surface area contributed by atoms with Crippen LogP contribution in [0.3, 0.4) is 0 Å². The standard InChI is InChI=1S/C18H21FN2O4S/c1-3-25-15-10-8-14(9-11-15)21(26(2,23)24)13-12-18(22)20-17-7-5-4-6-16(17)19/h4-11H,3,12-13H2,1-2H3,(H,20,22). The van der Waals surface area contributed by atoms with Gasteiger partial charge in [-0.05, 0) is 43.3 Å². The van der Waals surface area contributed by atoms with Gasteiger partial charge in [-0.3, -0.25) is 9.10 Å². The highest BCUT2D eigenvalue weighted by Crippen LogP contribution is 2.22. The summed E-state index contributed by atoms with van der Waals surface area (Å²) < 4.78 is 44.2. The van der Waals surface area contributed by atoms with E-state index in [4.69, 9.17) is 4.74 Å². The molecule has 0 heterocycles. The van der Waals surface area contributed by atoms with E-state index in [-0.39, 0.29) is 18.7 Å². The zero-order valence-corrected chi connectivity index (χ0v) is 15.4. The van der Waals surface area contributed by atoms with Crippen LogP contribution >= 0.6 is 0 Å². The summed E-state index contributed by atoms with van der Waals surface area (Å²) in [5, 5.41) is 2.44. The van der Waals surface area contributed by atoms with Crippen molar-refractivity contribution < 1.29 is 22.3 Å². The Kier molecular flexibility index (Phi) is 6.57. The molecule has 0 bridgehead atoms. The number of rotatable bonds is 8. The maximum Gasteiger partial charge on any atom is 0.232 e. The highest BCUT2D eigenvalue weighted by atomic mass is 32.2. The molecule has 8 heteroatoms. The van der Waals surface area contributed by atoms with E-state index >= 15 is 0 Å². The second kappa shape index (κ2) is 8.66. The lowest BCUT2D eigenvalue weighted by Gasteiger charge is -2.22. The third kappa shape index (κ3) is 5.45. The molecule has 0 aromatic heterocycles. The highest BCUT2D eigenvalue weighted by molar-refractivity contribution is 7.92. The number of amides is 1. The first-order valence-electron chi connectivity index (χ1n) is 8.06. The number of carbonyl (C=O) groups is 1. The van der Waals surface area contributed by atoms with E-state index in [9.17, 15) is 17.6 Å². The maximum atomic E-state index is 13.6. The molecule has 0 fully saturated rings. The number of anilines is 2. The largest absolute Gasteiger partial charge is 0.494 e. The van der Waals surface area contributed by atoms with Crippen molar-refractivity contribution >= 4 is 27.3 Å². The van der Waals surface area contributed by atoms with Crippen molar-refractivity contribution in [3.05, 3.63) is 54.3 Å². The molecule has 0 saturated carbocycles. The second-order valence-electron chi connectivity index (χ2n) is 5.54. The van der Waals surface area contributed by atoms with Gasteiger partial charge in [-0.1, -0.05) is 12.1 Å². The third-order valence-corrected chi connectivity index (χ3v) is 4.72. The molecule has 0 aliphatic heterocycles. The maximum absolute atomic E-state index is 13.6. The SMILES string of the molecule is CCOc1ccc(N(CCC(=O)Nc2ccccc2F)S(C)(=O)=O)cc1. The van der Waals surface area contributed by atoms with Gasteiger partial charge in [0.15, 0.2) is 0 Å². The van der Waals surface area contributed by atoms with Crippen LogP contribution in [-0.2, 0) is 14.8 Å². The first-order valence-corrected chi connectivity index (χ1v) is 9.91. The smallest absolute Gasteiger partial charge is 0.232 e. The van der Waals surface area contributed by atoms with Crippen LogP contribution in [0.4, 0.5) is 15.8 Å². The molecular weight excluding hydrogens is 359 g/mol. The minimum atomic E-state index is -3.58. The van der Waals surface area contributed by atoms with Gasteiger partial charge in [-0.2, -0.15) is 0 Å². The Balaban J connectivity index is 2.06. The summed E-state index contributed by atoms with van der Waals surface area (Å²) in [6.45, 7) is 2.29. The van der Waals surface area contributed by atoms with Crippen LogP contribution < -0.4 is 14.4 Å². The fraction of sp³-hybridized carbons (Fsp3) is 0.278. The van der Waals surface area contributed by atoms with Crippen molar-refractivity contribution in [2.24, 2.45) is 0 Å². The lowest BCUT2D eigenvalue weighted by Crippen LogP contribution is -2.33. The molecule has 26 heavy (non-hydrogen) atoms. The Bertz CT molecular complexity index is 854. The van der Waals surface area contributed by atoms with E-state index in [2.05, 4.69) is 5.32 Å². The Labute approximate surface area is 152 Å². The van der Waals surface area contributed by atoms with Gasteiger partial charge in [0.2, 0.25) is 15.9 Å². The summed E-state index contributed by atoms with van der Waals surface area (Å²) in [6, 6.07) is 12.3. The Morgan fingerprint density at radius 1 is 1.15 bits per heavy atom. The van der Waals surface area contributed by atoms with Crippen molar-refractivity contribution in [2.75, 3.05) is 29.0 Å². The monoisotopic (exact) mass is 380 g/mol. The summed E-state index contributed by atoms with van der Waals surface area (Å²) in [6.07, 6.45) is 0.951. The van der Waals surface area contributed by atoms with Gasteiger partial charge in [0.25, 0.3) is 0 Å². The lowest BCUT2D eigenvalue weighted by molar-refractivity contribution is -0.116. The molecule has 0 spiro atoms. The molecule has 140 valence electrons. The third-order valence-electron chi connectivity index (χ3n) is 3.53. The van der Waals surface area contributed by atoms with Gasteiger partial charge in [-0.15, -0.1) is 0 Å². The van der Waals surface area contributed by atoms with Crippen LogP contribution in [0.5, 0.6) is 5.75 Å². The topological polar surface area (TPSA) is 75.7 Å². The molecule has 0 unspecified atom stereocenters. The minimum Gasteiger partial charge on any atom is -0.494 e. The average Bonchev–Trinajstić information content (AvgIpc) is 2.58. The summed E-state index contributed by atoms with van der Waals surface area (Å²) in [4.78, 5) is 12.0. The van der Waals surface area contributed by atoms with Crippen molar-refractivity contribution in [3.63, 3.8) is 0 Å². The van der Waals surface area contributed by atoms with E-state index in [1.165, 1.54) is 18.2 Å². The van der Waals surface area contributed by atoms with E-state index < -0.39 is 21.7 Å². The first kappa shape index (κ1) is 19.7. The number of nitrogens with zero attached hydrogens (tertiary/aromatic N) is 1. The molecule has 1 amide bonds. The quantitative estimate of drug-likeness (QED) is 0.764. The summed E-state index contributed by atoms with van der Waals surface area (Å²) >= 11 is 0. The zero-order chi connectivity index (χ0) is 19.2. The molecule has 6 nitrogen and oxygen atoms in total. The van der Waals surface area contributed by atoms with Gasteiger partial charge >= 0.3 is 0 Å². The number of nitrogens with one attached hydrogen (secondary N) is 1. The predicted molar refractivity (Wildman–Crippen MR) is 99.4 cm³/mol. The van der Waals surface area contributed by atoms with E-state index in [1.54, 1.807) is 30.3 Å². The van der Waals surface area contributed by atoms with Gasteiger partial charge in [0, 0.05) is 13.0 Å². The number of hydrogen-bond acceptors (Lipinski definition) is 4. The van der Waals surface area contributed by atoms with E-state index in [1.807, 2.05) is 6.92 Å². The molecule has 0 aliphatic rings. The molecule has 1 N–H and O–H groups in total. The molecule has 2 aromatic carbocycles. The molecule has 0 atom stereocenters. The second-order valence-corrected chi connectivity index (χ2v) is 7.45. The summed E-state index contributed by atoms with van der Waals surface area (Å²) in [5.41, 5.74) is 0.485. The lowest BCUT2D eigenvalue weighted by atomic mass is 10.2. The van der Waals surface area contributed by atoms with Gasteiger partial charge in [0.1, 0.15) is 11.6 Å². The Hall–Kier alpha value is -2.61. The number of sulfonamides is 1. The van der Waals surface area contributed by atoms with Crippen molar-refractivity contribution in [2.45, 2.75) is 13.3 Å².